The van der Waals surface area contributed by atoms with Crippen LogP contribution >= 0.6 is 0 Å². The van der Waals surface area contributed by atoms with Gasteiger partial charge in [-0.05, 0) is 19.4 Å². The van der Waals surface area contributed by atoms with Crippen LogP contribution in [0.1, 0.15) is 13.8 Å². The van der Waals surface area contributed by atoms with Gasteiger partial charge in [-0.25, -0.2) is 0 Å². The minimum Gasteiger partial charge on any atom is -0.386 e. The fourth-order valence-corrected chi connectivity index (χ4v) is 0. The van der Waals surface area contributed by atoms with Gasteiger partial charge < -0.3 is 11.5 Å². The van der Waals surface area contributed by atoms with Crippen molar-refractivity contribution >= 4 is 0 Å². The van der Waals surface area contributed by atoms with Crippen LogP contribution < -0.4 is 11.5 Å². The van der Waals surface area contributed by atoms with E-state index >= 15 is 0 Å². The quantitative estimate of drug-likeness (QED) is 0.441. The van der Waals surface area contributed by atoms with E-state index in [1.807, 2.05) is 13.8 Å². The molecule has 0 aliphatic heterocycles. The number of hydrogen-bond acceptors (Lipinski definition) is 2. The summed E-state index contributed by atoms with van der Waals surface area (Å²) in [7, 11) is 0. The Labute approximate surface area is 37.8 Å². The van der Waals surface area contributed by atoms with E-state index in [-0.39, 0.29) is 0 Å². The maximum atomic E-state index is 5.09. The highest BCUT2D eigenvalue weighted by Gasteiger charge is 1.76. The van der Waals surface area contributed by atoms with E-state index in [0.717, 1.165) is 5.57 Å². The van der Waals surface area contributed by atoms with Crippen LogP contribution in [0.5, 0.6) is 0 Å². The van der Waals surface area contributed by atoms with E-state index in [1.54, 1.807) is 0 Å². The highest BCUT2D eigenvalue weighted by atomic mass is 14.8. The van der Waals surface area contributed by atoms with Crippen LogP contribution in [0, 0.1) is 0 Å². The molecular formula is C4H10N2. The zero-order chi connectivity index (χ0) is 5.15. The van der Waals surface area contributed by atoms with Gasteiger partial charge in [-0.3, -0.25) is 0 Å². The van der Waals surface area contributed by atoms with Crippen molar-refractivity contribution in [3.05, 3.63) is 11.4 Å². The predicted molar refractivity (Wildman–Crippen MR) is 26.7 cm³/mol. The van der Waals surface area contributed by atoms with Gasteiger partial charge in [0.15, 0.2) is 0 Å². The van der Waals surface area contributed by atoms with Crippen molar-refractivity contribution in [3.63, 3.8) is 0 Å². The fourth-order valence-electron chi connectivity index (χ4n) is 0. The Morgan fingerprint density at radius 2 is 1.33 bits per heavy atom. The predicted octanol–water partition coefficient (Wildman–Crippen LogP) is 0.155. The van der Waals surface area contributed by atoms with Crippen molar-refractivity contribution in [1.82, 2.24) is 0 Å². The monoisotopic (exact) mass is 86.1 g/mol. The summed E-state index contributed by atoms with van der Waals surface area (Å²) in [5.41, 5.74) is 11.2. The molecule has 4 N–H and O–H groups in total. The van der Waals surface area contributed by atoms with Gasteiger partial charge in [0.05, 0.1) is 5.82 Å². The molecule has 0 radical (unpaired) electrons. The Morgan fingerprint density at radius 1 is 1.17 bits per heavy atom. The second kappa shape index (κ2) is 1.70. The minimum atomic E-state index is 0.426. The molecule has 0 amide bonds. The lowest BCUT2D eigenvalue weighted by Gasteiger charge is -1.89. The van der Waals surface area contributed by atoms with Crippen molar-refractivity contribution < 1.29 is 0 Å². The van der Waals surface area contributed by atoms with Gasteiger partial charge >= 0.3 is 0 Å². The van der Waals surface area contributed by atoms with Crippen molar-refractivity contribution in [2.45, 2.75) is 13.8 Å². The van der Waals surface area contributed by atoms with E-state index < -0.39 is 0 Å². The molecule has 0 saturated carbocycles. The summed E-state index contributed by atoms with van der Waals surface area (Å²) in [5, 5.41) is 0. The van der Waals surface area contributed by atoms with Crippen LogP contribution in [-0.4, -0.2) is 0 Å². The second-order valence-corrected chi connectivity index (χ2v) is 1.46. The van der Waals surface area contributed by atoms with E-state index in [9.17, 15) is 0 Å². The molecule has 0 aliphatic carbocycles. The highest BCUT2D eigenvalue weighted by Crippen LogP contribution is 1.84. The lowest BCUT2D eigenvalue weighted by atomic mass is 10.4. The van der Waals surface area contributed by atoms with Gasteiger partial charge in [0, 0.05) is 0 Å². The molecule has 0 fully saturated rings. The Morgan fingerprint density at radius 3 is 1.33 bits per heavy atom. The summed E-state index contributed by atoms with van der Waals surface area (Å²) in [5.74, 6) is 0.426. The molecule has 2 nitrogen and oxygen atoms in total. The number of allylic oxidation sites excluding steroid dienone is 1. The van der Waals surface area contributed by atoms with Crippen molar-refractivity contribution in [1.29, 1.82) is 0 Å². The zero-order valence-corrected chi connectivity index (χ0v) is 4.15. The van der Waals surface area contributed by atoms with Crippen LogP contribution in [0.2, 0.25) is 0 Å². The van der Waals surface area contributed by atoms with Gasteiger partial charge in [0.25, 0.3) is 0 Å². The second-order valence-electron chi connectivity index (χ2n) is 1.46. The highest BCUT2D eigenvalue weighted by molar-refractivity contribution is 4.99. The third-order valence-electron chi connectivity index (χ3n) is 0.577. The number of rotatable bonds is 0. The zero-order valence-electron chi connectivity index (χ0n) is 4.15. The number of hydrogen-bond donors (Lipinski definition) is 2. The van der Waals surface area contributed by atoms with Crippen molar-refractivity contribution in [2.24, 2.45) is 11.5 Å². The molecule has 0 aromatic rings. The number of nitrogens with two attached hydrogens (primary N) is 2. The lowest BCUT2D eigenvalue weighted by Crippen LogP contribution is -2.09. The van der Waals surface area contributed by atoms with E-state index in [2.05, 4.69) is 0 Å². The van der Waals surface area contributed by atoms with Crippen LogP contribution in [0.4, 0.5) is 0 Å². The maximum absolute atomic E-state index is 5.09. The topological polar surface area (TPSA) is 52.0 Å². The molecule has 0 spiro atoms. The third kappa shape index (κ3) is 1.64. The van der Waals surface area contributed by atoms with Crippen LogP contribution in [0.25, 0.3) is 0 Å². The first-order valence-corrected chi connectivity index (χ1v) is 1.83. The summed E-state index contributed by atoms with van der Waals surface area (Å²) in [4.78, 5) is 0. The van der Waals surface area contributed by atoms with Gasteiger partial charge in [0.2, 0.25) is 0 Å². The van der Waals surface area contributed by atoms with E-state index in [0.29, 0.717) is 5.82 Å². The molecule has 36 valence electrons. The maximum Gasteiger partial charge on any atom is 0.0919 e. The normalized spacial score (nSPS) is 7.67. The van der Waals surface area contributed by atoms with Gasteiger partial charge in [-0.15, -0.1) is 0 Å². The minimum absolute atomic E-state index is 0.426. The standard InChI is InChI=1S/C4H10N2/c1-3(2)4(5)6/h5-6H2,1-2H3. The Balaban J connectivity index is 3.68. The first kappa shape index (κ1) is 5.34. The Hall–Kier alpha value is -0.660. The molecule has 0 unspecified atom stereocenters. The van der Waals surface area contributed by atoms with Crippen LogP contribution in [0.15, 0.2) is 11.4 Å². The summed E-state index contributed by atoms with van der Waals surface area (Å²) in [6.45, 7) is 3.74. The third-order valence-corrected chi connectivity index (χ3v) is 0.577. The summed E-state index contributed by atoms with van der Waals surface area (Å²) < 4.78 is 0. The average molecular weight is 86.1 g/mol. The van der Waals surface area contributed by atoms with Crippen molar-refractivity contribution in [3.8, 4) is 0 Å². The largest absolute Gasteiger partial charge is 0.386 e. The molecule has 0 aromatic carbocycles. The molecule has 6 heavy (non-hydrogen) atoms. The Bertz CT molecular complexity index is 55.6. The van der Waals surface area contributed by atoms with E-state index in [1.165, 1.54) is 0 Å². The molecule has 0 saturated heterocycles. The fraction of sp³-hybridized carbons (Fsp3) is 0.500. The lowest BCUT2D eigenvalue weighted by molar-refractivity contribution is 1.15. The van der Waals surface area contributed by atoms with Gasteiger partial charge in [0.1, 0.15) is 0 Å². The van der Waals surface area contributed by atoms with Gasteiger partial charge in [-0.1, -0.05) is 0 Å². The SMILES string of the molecule is CC(C)=C(N)N. The van der Waals surface area contributed by atoms with Crippen molar-refractivity contribution in [2.75, 3.05) is 0 Å². The molecule has 0 heterocycles. The van der Waals surface area contributed by atoms with Gasteiger partial charge in [-0.2, -0.15) is 0 Å². The molecule has 0 bridgehead atoms. The first-order valence-electron chi connectivity index (χ1n) is 1.83. The molecule has 0 rings (SSSR count). The Kier molecular flexibility index (Phi) is 1.51. The molecule has 0 atom stereocenters. The molecule has 0 aromatic heterocycles. The van der Waals surface area contributed by atoms with Crippen LogP contribution in [0.3, 0.4) is 0 Å². The van der Waals surface area contributed by atoms with E-state index in [4.69, 9.17) is 11.5 Å². The average Bonchev–Trinajstić information content (AvgIpc) is 1.36. The molecule has 0 aliphatic rings. The molecule has 2 heteroatoms. The smallest absolute Gasteiger partial charge is 0.0919 e. The summed E-state index contributed by atoms with van der Waals surface area (Å²) in [6.07, 6.45) is 0. The van der Waals surface area contributed by atoms with Crippen LogP contribution in [-0.2, 0) is 0 Å². The summed E-state index contributed by atoms with van der Waals surface area (Å²) in [6, 6.07) is 0. The molecular weight excluding hydrogens is 76.1 g/mol. The summed E-state index contributed by atoms with van der Waals surface area (Å²) >= 11 is 0. The first-order chi connectivity index (χ1) is 2.64.